The third kappa shape index (κ3) is 3.82. The van der Waals surface area contributed by atoms with Crippen molar-refractivity contribution in [2.45, 2.75) is 31.3 Å². The highest BCUT2D eigenvalue weighted by Gasteiger charge is 2.39. The fourth-order valence-electron chi connectivity index (χ4n) is 3.31. The van der Waals surface area contributed by atoms with Gasteiger partial charge in [0.05, 0.1) is 12.8 Å². The Kier molecular flexibility index (Phi) is 4.40. The van der Waals surface area contributed by atoms with E-state index in [1.165, 1.54) is 12.1 Å². The van der Waals surface area contributed by atoms with Crippen LogP contribution < -0.4 is 10.6 Å². The van der Waals surface area contributed by atoms with E-state index in [1.54, 1.807) is 24.4 Å². The summed E-state index contributed by atoms with van der Waals surface area (Å²) in [4.78, 5) is 12.2. The lowest BCUT2D eigenvalue weighted by Crippen LogP contribution is -2.32. The Hall–Kier alpha value is -2.41. The molecule has 4 rings (SSSR count). The van der Waals surface area contributed by atoms with Gasteiger partial charge in [-0.1, -0.05) is 12.1 Å². The molecule has 3 atom stereocenters. The van der Waals surface area contributed by atoms with E-state index in [1.807, 2.05) is 4.68 Å². The molecule has 1 aliphatic carbocycles. The van der Waals surface area contributed by atoms with Crippen LogP contribution in [0.15, 0.2) is 36.5 Å². The molecule has 0 spiro atoms. The molecule has 7 heteroatoms. The van der Waals surface area contributed by atoms with Crippen LogP contribution in [0.5, 0.6) is 0 Å². The van der Waals surface area contributed by atoms with Crippen LogP contribution in [0.3, 0.4) is 0 Å². The van der Waals surface area contributed by atoms with Crippen molar-refractivity contribution in [1.29, 1.82) is 0 Å². The fourth-order valence-corrected chi connectivity index (χ4v) is 3.31. The van der Waals surface area contributed by atoms with E-state index in [-0.39, 0.29) is 23.8 Å². The van der Waals surface area contributed by atoms with E-state index in [9.17, 15) is 9.18 Å². The Bertz CT molecular complexity index is 740. The molecule has 0 bridgehead atoms. The average molecular weight is 344 g/mol. The summed E-state index contributed by atoms with van der Waals surface area (Å²) in [6.45, 7) is 2.28. The number of ether oxygens (including phenoxy) is 1. The van der Waals surface area contributed by atoms with Gasteiger partial charge in [-0.2, -0.15) is 5.10 Å². The van der Waals surface area contributed by atoms with E-state index in [2.05, 4.69) is 15.7 Å². The van der Waals surface area contributed by atoms with Gasteiger partial charge in [0.15, 0.2) is 0 Å². The van der Waals surface area contributed by atoms with Crippen LogP contribution in [0.4, 0.5) is 15.0 Å². The van der Waals surface area contributed by atoms with Crippen molar-refractivity contribution in [3.63, 3.8) is 0 Å². The largest absolute Gasteiger partial charge is 0.381 e. The number of benzene rings is 1. The molecule has 1 unspecified atom stereocenters. The molecule has 1 aliphatic heterocycles. The highest BCUT2D eigenvalue weighted by atomic mass is 19.1. The standard InChI is InChI=1S/C18H21FN4O2/c19-14-3-1-13(2-4-14)15-9-16(15)21-18(24)22-17-5-7-20-23(17)10-12-6-8-25-11-12/h1-5,7,12,15-16H,6,8-11H2,(H2,21,22,24)/t12?,15-,16+/m0/s1. The molecule has 2 amide bonds. The zero-order valence-corrected chi connectivity index (χ0v) is 13.8. The molecule has 1 aromatic carbocycles. The van der Waals surface area contributed by atoms with Gasteiger partial charge in [0.1, 0.15) is 11.6 Å². The second kappa shape index (κ2) is 6.84. The molecule has 2 aliphatic rings. The number of carbonyl (C=O) groups is 1. The number of halogens is 1. The molecule has 1 saturated carbocycles. The van der Waals surface area contributed by atoms with Crippen molar-refractivity contribution < 1.29 is 13.9 Å². The summed E-state index contributed by atoms with van der Waals surface area (Å²) in [6.07, 6.45) is 3.58. The van der Waals surface area contributed by atoms with E-state index < -0.39 is 0 Å². The summed E-state index contributed by atoms with van der Waals surface area (Å²) >= 11 is 0. The lowest BCUT2D eigenvalue weighted by Gasteiger charge is -2.12. The summed E-state index contributed by atoms with van der Waals surface area (Å²) in [5.41, 5.74) is 1.05. The maximum absolute atomic E-state index is 13.0. The van der Waals surface area contributed by atoms with E-state index in [0.29, 0.717) is 11.7 Å². The topological polar surface area (TPSA) is 68.2 Å². The van der Waals surface area contributed by atoms with Crippen molar-refractivity contribution >= 4 is 11.8 Å². The van der Waals surface area contributed by atoms with Crippen LogP contribution in [0.25, 0.3) is 0 Å². The van der Waals surface area contributed by atoms with Crippen LogP contribution in [0.2, 0.25) is 0 Å². The molecular formula is C18H21FN4O2. The van der Waals surface area contributed by atoms with Crippen LogP contribution in [0.1, 0.15) is 24.3 Å². The first kappa shape index (κ1) is 16.1. The quantitative estimate of drug-likeness (QED) is 0.876. The minimum Gasteiger partial charge on any atom is -0.381 e. The first-order valence-electron chi connectivity index (χ1n) is 8.61. The normalized spacial score (nSPS) is 24.9. The maximum atomic E-state index is 13.0. The number of hydrogen-bond acceptors (Lipinski definition) is 3. The Morgan fingerprint density at radius 3 is 2.92 bits per heavy atom. The Labute approximate surface area is 145 Å². The monoisotopic (exact) mass is 344 g/mol. The molecule has 2 fully saturated rings. The van der Waals surface area contributed by atoms with Crippen LogP contribution in [-0.4, -0.2) is 35.1 Å². The molecule has 0 radical (unpaired) electrons. The molecule has 2 heterocycles. The third-order valence-corrected chi connectivity index (χ3v) is 4.82. The Morgan fingerprint density at radius 2 is 2.16 bits per heavy atom. The first-order valence-corrected chi connectivity index (χ1v) is 8.61. The van der Waals surface area contributed by atoms with E-state index in [0.717, 1.165) is 38.2 Å². The lowest BCUT2D eigenvalue weighted by atomic mass is 10.1. The van der Waals surface area contributed by atoms with Gasteiger partial charge in [0, 0.05) is 37.1 Å². The molecular weight excluding hydrogens is 323 g/mol. The highest BCUT2D eigenvalue weighted by Crippen LogP contribution is 2.40. The van der Waals surface area contributed by atoms with Gasteiger partial charge in [0.2, 0.25) is 0 Å². The van der Waals surface area contributed by atoms with Crippen molar-refractivity contribution in [3.8, 4) is 0 Å². The van der Waals surface area contributed by atoms with Crippen LogP contribution >= 0.6 is 0 Å². The molecule has 1 aromatic heterocycles. The van der Waals surface area contributed by atoms with Crippen molar-refractivity contribution in [3.05, 3.63) is 47.9 Å². The lowest BCUT2D eigenvalue weighted by molar-refractivity contribution is 0.181. The summed E-state index contributed by atoms with van der Waals surface area (Å²) < 4.78 is 20.2. The van der Waals surface area contributed by atoms with Gasteiger partial charge in [-0.3, -0.25) is 5.32 Å². The van der Waals surface area contributed by atoms with Gasteiger partial charge in [-0.25, -0.2) is 13.9 Å². The van der Waals surface area contributed by atoms with E-state index in [4.69, 9.17) is 4.74 Å². The molecule has 2 N–H and O–H groups in total. The number of anilines is 1. The average Bonchev–Trinajstić information content (AvgIpc) is 2.97. The number of aromatic nitrogens is 2. The number of rotatable bonds is 5. The first-order chi connectivity index (χ1) is 12.2. The van der Waals surface area contributed by atoms with Crippen molar-refractivity contribution in [1.82, 2.24) is 15.1 Å². The zero-order chi connectivity index (χ0) is 17.2. The summed E-state index contributed by atoms with van der Waals surface area (Å²) in [5, 5.41) is 10.1. The molecule has 6 nitrogen and oxygen atoms in total. The van der Waals surface area contributed by atoms with Crippen LogP contribution in [-0.2, 0) is 11.3 Å². The zero-order valence-electron chi connectivity index (χ0n) is 13.8. The predicted octanol–water partition coefficient (Wildman–Crippen LogP) is 2.74. The van der Waals surface area contributed by atoms with Gasteiger partial charge in [-0.05, 0) is 30.5 Å². The minimum absolute atomic E-state index is 0.0880. The number of carbonyl (C=O) groups excluding carboxylic acids is 1. The summed E-state index contributed by atoms with van der Waals surface area (Å²) in [6, 6.07) is 8.10. The van der Waals surface area contributed by atoms with Gasteiger partial charge >= 0.3 is 6.03 Å². The minimum atomic E-state index is -0.243. The van der Waals surface area contributed by atoms with Crippen molar-refractivity contribution in [2.24, 2.45) is 5.92 Å². The molecule has 25 heavy (non-hydrogen) atoms. The molecule has 1 saturated heterocycles. The van der Waals surface area contributed by atoms with E-state index >= 15 is 0 Å². The SMILES string of the molecule is O=C(Nc1ccnn1CC1CCOC1)N[C@@H]1C[C@H]1c1ccc(F)cc1. The predicted molar refractivity (Wildman–Crippen MR) is 90.9 cm³/mol. The van der Waals surface area contributed by atoms with Crippen LogP contribution in [0, 0.1) is 11.7 Å². The Morgan fingerprint density at radius 1 is 1.32 bits per heavy atom. The number of amides is 2. The number of hydrogen-bond donors (Lipinski definition) is 2. The fraction of sp³-hybridized carbons (Fsp3) is 0.444. The Balaban J connectivity index is 1.30. The molecule has 2 aromatic rings. The maximum Gasteiger partial charge on any atom is 0.320 e. The second-order valence-electron chi connectivity index (χ2n) is 6.73. The second-order valence-corrected chi connectivity index (χ2v) is 6.73. The van der Waals surface area contributed by atoms with Crippen molar-refractivity contribution in [2.75, 3.05) is 18.5 Å². The summed E-state index contributed by atoms with van der Waals surface area (Å²) in [5.74, 6) is 1.14. The number of nitrogens with zero attached hydrogens (tertiary/aromatic N) is 2. The smallest absolute Gasteiger partial charge is 0.320 e. The third-order valence-electron chi connectivity index (χ3n) is 4.82. The van der Waals surface area contributed by atoms with Gasteiger partial charge < -0.3 is 10.1 Å². The number of urea groups is 1. The summed E-state index contributed by atoms with van der Waals surface area (Å²) in [7, 11) is 0. The highest BCUT2D eigenvalue weighted by molar-refractivity contribution is 5.88. The number of nitrogens with one attached hydrogen (secondary N) is 2. The van der Waals surface area contributed by atoms with Gasteiger partial charge in [-0.15, -0.1) is 0 Å². The van der Waals surface area contributed by atoms with Gasteiger partial charge in [0.25, 0.3) is 0 Å². The molecule has 132 valence electrons.